The summed E-state index contributed by atoms with van der Waals surface area (Å²) in [7, 11) is 0. The highest BCUT2D eigenvalue weighted by atomic mass is 16.6. The molecule has 1 aromatic heterocycles. The number of carbonyl (C=O) groups excluding carboxylic acids is 2. The maximum Gasteiger partial charge on any atom is 0.418 e. The molecule has 100 valence electrons. The van der Waals surface area contributed by atoms with Gasteiger partial charge in [-0.3, -0.25) is 9.36 Å². The van der Waals surface area contributed by atoms with Gasteiger partial charge in [0.05, 0.1) is 5.52 Å². The van der Waals surface area contributed by atoms with Crippen molar-refractivity contribution in [3.63, 3.8) is 0 Å². The van der Waals surface area contributed by atoms with Crippen LogP contribution < -0.4 is 0 Å². The van der Waals surface area contributed by atoms with Gasteiger partial charge in [0.1, 0.15) is 5.60 Å². The predicted molar refractivity (Wildman–Crippen MR) is 73.6 cm³/mol. The second-order valence-corrected chi connectivity index (χ2v) is 5.50. The number of hydrogen-bond acceptors (Lipinski definition) is 3. The van der Waals surface area contributed by atoms with E-state index in [1.807, 2.05) is 32.9 Å². The first-order valence-corrected chi connectivity index (χ1v) is 6.13. The normalized spacial score (nSPS) is 11.6. The summed E-state index contributed by atoms with van der Waals surface area (Å²) < 4.78 is 6.75. The van der Waals surface area contributed by atoms with Gasteiger partial charge < -0.3 is 4.74 Å². The van der Waals surface area contributed by atoms with Gasteiger partial charge in [-0.1, -0.05) is 12.1 Å². The molecule has 0 aliphatic heterocycles. The zero-order valence-corrected chi connectivity index (χ0v) is 11.6. The van der Waals surface area contributed by atoms with Gasteiger partial charge >= 0.3 is 6.09 Å². The smallest absolute Gasteiger partial charge is 0.418 e. The number of benzene rings is 1. The fourth-order valence-electron chi connectivity index (χ4n) is 1.82. The lowest BCUT2D eigenvalue weighted by Gasteiger charge is -2.19. The molecule has 0 bridgehead atoms. The van der Waals surface area contributed by atoms with E-state index < -0.39 is 11.7 Å². The van der Waals surface area contributed by atoms with Crippen molar-refractivity contribution in [2.24, 2.45) is 0 Å². The summed E-state index contributed by atoms with van der Waals surface area (Å²) in [4.78, 5) is 23.5. The van der Waals surface area contributed by atoms with E-state index in [0.717, 1.165) is 5.39 Å². The minimum absolute atomic E-state index is 0.0289. The zero-order valence-electron chi connectivity index (χ0n) is 11.6. The van der Waals surface area contributed by atoms with Crippen molar-refractivity contribution in [3.05, 3.63) is 36.0 Å². The van der Waals surface area contributed by atoms with Crippen molar-refractivity contribution < 1.29 is 14.3 Å². The molecule has 4 nitrogen and oxygen atoms in total. The van der Waals surface area contributed by atoms with Gasteiger partial charge in [0.2, 0.25) is 0 Å². The van der Waals surface area contributed by atoms with E-state index in [0.29, 0.717) is 11.1 Å². The lowest BCUT2D eigenvalue weighted by molar-refractivity contribution is 0.0544. The third-order valence-corrected chi connectivity index (χ3v) is 2.69. The number of rotatable bonds is 1. The zero-order chi connectivity index (χ0) is 14.2. The van der Waals surface area contributed by atoms with Crippen molar-refractivity contribution in [1.29, 1.82) is 0 Å². The maximum atomic E-state index is 12.1. The van der Waals surface area contributed by atoms with E-state index in [9.17, 15) is 9.59 Å². The maximum absolute atomic E-state index is 12.1. The van der Waals surface area contributed by atoms with E-state index in [2.05, 4.69) is 0 Å². The third kappa shape index (κ3) is 2.84. The molecule has 0 saturated carbocycles. The Balaban J connectivity index is 2.46. The Bertz CT molecular complexity index is 647. The van der Waals surface area contributed by atoms with Crippen molar-refractivity contribution in [1.82, 2.24) is 4.57 Å². The minimum Gasteiger partial charge on any atom is -0.443 e. The van der Waals surface area contributed by atoms with E-state index in [1.165, 1.54) is 11.5 Å². The second kappa shape index (κ2) is 4.53. The van der Waals surface area contributed by atoms with E-state index in [4.69, 9.17) is 4.74 Å². The first-order valence-electron chi connectivity index (χ1n) is 6.13. The second-order valence-electron chi connectivity index (χ2n) is 5.50. The van der Waals surface area contributed by atoms with E-state index in [1.54, 1.807) is 18.3 Å². The highest BCUT2D eigenvalue weighted by Crippen LogP contribution is 2.20. The first kappa shape index (κ1) is 13.3. The van der Waals surface area contributed by atoms with Gasteiger partial charge in [-0.15, -0.1) is 0 Å². The summed E-state index contributed by atoms with van der Waals surface area (Å²) in [6.07, 6.45) is 1.21. The largest absolute Gasteiger partial charge is 0.443 e. The molecule has 0 amide bonds. The first-order chi connectivity index (χ1) is 8.78. The Kier molecular flexibility index (Phi) is 3.18. The Morgan fingerprint density at radius 3 is 2.42 bits per heavy atom. The quantitative estimate of drug-likeness (QED) is 0.735. The molecule has 19 heavy (non-hydrogen) atoms. The van der Waals surface area contributed by atoms with Crippen LogP contribution in [-0.2, 0) is 4.74 Å². The van der Waals surface area contributed by atoms with Gasteiger partial charge in [-0.05, 0) is 39.8 Å². The lowest BCUT2D eigenvalue weighted by atomic mass is 10.1. The summed E-state index contributed by atoms with van der Waals surface area (Å²) in [6.45, 7) is 6.95. The number of carbonyl (C=O) groups is 2. The van der Waals surface area contributed by atoms with Crippen LogP contribution in [0.1, 0.15) is 38.1 Å². The van der Waals surface area contributed by atoms with Crippen molar-refractivity contribution >= 4 is 22.8 Å². The molecule has 0 radical (unpaired) electrons. The highest BCUT2D eigenvalue weighted by Gasteiger charge is 2.19. The molecule has 0 saturated heterocycles. The van der Waals surface area contributed by atoms with Crippen LogP contribution >= 0.6 is 0 Å². The Morgan fingerprint density at radius 1 is 1.16 bits per heavy atom. The van der Waals surface area contributed by atoms with E-state index >= 15 is 0 Å². The SMILES string of the molecule is CC(=O)c1ccc2ccn(C(=O)OC(C)(C)C)c2c1. The van der Waals surface area contributed by atoms with Crippen molar-refractivity contribution in [2.75, 3.05) is 0 Å². The molecule has 0 aliphatic carbocycles. The van der Waals surface area contributed by atoms with Crippen LogP contribution in [0.25, 0.3) is 10.9 Å². The molecule has 0 unspecified atom stereocenters. The number of ketones is 1. The van der Waals surface area contributed by atoms with Crippen LogP contribution in [0.2, 0.25) is 0 Å². The van der Waals surface area contributed by atoms with Gasteiger partial charge in [-0.25, -0.2) is 4.79 Å². The standard InChI is InChI=1S/C15H17NO3/c1-10(17)12-6-5-11-7-8-16(13(11)9-12)14(18)19-15(2,3)4/h5-9H,1-4H3. The number of ether oxygens (including phenoxy) is 1. The molecule has 0 N–H and O–H groups in total. The van der Waals surface area contributed by atoms with E-state index in [-0.39, 0.29) is 5.78 Å². The number of Topliss-reactive ketones (excluding diaryl/α,β-unsaturated/α-hetero) is 1. The molecule has 1 aromatic carbocycles. The fourth-order valence-corrected chi connectivity index (χ4v) is 1.82. The molecule has 0 atom stereocenters. The molecule has 0 spiro atoms. The molecule has 2 rings (SSSR count). The lowest BCUT2D eigenvalue weighted by Crippen LogP contribution is -2.26. The molecule has 1 heterocycles. The average Bonchev–Trinajstić information content (AvgIpc) is 2.68. The monoisotopic (exact) mass is 259 g/mol. The number of aromatic nitrogens is 1. The minimum atomic E-state index is -0.550. The van der Waals surface area contributed by atoms with Gasteiger partial charge in [-0.2, -0.15) is 0 Å². The van der Waals surface area contributed by atoms with Crippen LogP contribution in [0.5, 0.6) is 0 Å². The molecule has 0 fully saturated rings. The fraction of sp³-hybridized carbons (Fsp3) is 0.333. The van der Waals surface area contributed by atoms with Gasteiger partial charge in [0.15, 0.2) is 5.78 Å². The number of fused-ring (bicyclic) bond motifs is 1. The summed E-state index contributed by atoms with van der Waals surface area (Å²) in [5, 5.41) is 0.899. The van der Waals surface area contributed by atoms with Crippen LogP contribution in [0, 0.1) is 0 Å². The summed E-state index contributed by atoms with van der Waals surface area (Å²) in [5.74, 6) is -0.0289. The van der Waals surface area contributed by atoms with Gasteiger partial charge in [0, 0.05) is 17.1 Å². The Labute approximate surface area is 112 Å². The molecular formula is C15H17NO3. The summed E-state index contributed by atoms with van der Waals surface area (Å²) >= 11 is 0. The van der Waals surface area contributed by atoms with Crippen LogP contribution in [0.4, 0.5) is 4.79 Å². The van der Waals surface area contributed by atoms with Crippen LogP contribution in [0.3, 0.4) is 0 Å². The van der Waals surface area contributed by atoms with Crippen LogP contribution in [0.15, 0.2) is 30.5 Å². The topological polar surface area (TPSA) is 48.3 Å². The predicted octanol–water partition coefficient (Wildman–Crippen LogP) is 3.63. The molecule has 2 aromatic rings. The molecule has 4 heteroatoms. The summed E-state index contributed by atoms with van der Waals surface area (Å²) in [5.41, 5.74) is 0.712. The van der Waals surface area contributed by atoms with Crippen LogP contribution in [-0.4, -0.2) is 22.0 Å². The highest BCUT2D eigenvalue weighted by molar-refractivity contribution is 5.99. The number of nitrogens with zero attached hydrogens (tertiary/aromatic N) is 1. The summed E-state index contributed by atoms with van der Waals surface area (Å²) in [6, 6.07) is 7.11. The third-order valence-electron chi connectivity index (χ3n) is 2.69. The van der Waals surface area contributed by atoms with Gasteiger partial charge in [0.25, 0.3) is 0 Å². The van der Waals surface area contributed by atoms with Crippen molar-refractivity contribution in [3.8, 4) is 0 Å². The molecule has 0 aliphatic rings. The Morgan fingerprint density at radius 2 is 1.84 bits per heavy atom. The average molecular weight is 259 g/mol. The Hall–Kier alpha value is -2.10. The number of hydrogen-bond donors (Lipinski definition) is 0. The van der Waals surface area contributed by atoms with Crippen molar-refractivity contribution in [2.45, 2.75) is 33.3 Å². The molecular weight excluding hydrogens is 242 g/mol.